The number of carbonyl (C=O) groups excluding carboxylic acids is 1. The van der Waals surface area contributed by atoms with Crippen LogP contribution in [0.1, 0.15) is 40.0 Å². The summed E-state index contributed by atoms with van der Waals surface area (Å²) in [5, 5.41) is 0. The Morgan fingerprint density at radius 3 is 2.84 bits per heavy atom. The number of hydrogen-bond donors (Lipinski definition) is 1. The van der Waals surface area contributed by atoms with Crippen molar-refractivity contribution in [3.05, 3.63) is 41.4 Å². The first-order chi connectivity index (χ1) is 11.7. The molecule has 0 saturated carbocycles. The molecule has 0 saturated heterocycles. The van der Waals surface area contributed by atoms with Crippen LogP contribution in [-0.2, 0) is 16.6 Å². The molecule has 0 bridgehead atoms. The van der Waals surface area contributed by atoms with E-state index < -0.39 is 10.0 Å². The number of carbonyl (C=O) groups is 1. The zero-order valence-corrected chi connectivity index (χ0v) is 15.3. The number of nitrogens with one attached hydrogen (secondary N) is 1. The smallest absolute Gasteiger partial charge is 0.257 e. The number of nitrogens with zero attached hydrogens (tertiary/aromatic N) is 3. The second-order valence-electron chi connectivity index (χ2n) is 6.41. The van der Waals surface area contributed by atoms with E-state index in [1.165, 1.54) is 0 Å². The number of furan rings is 1. The summed E-state index contributed by atoms with van der Waals surface area (Å²) < 4.78 is 32.5. The van der Waals surface area contributed by atoms with Gasteiger partial charge in [-0.25, -0.2) is 18.1 Å². The number of rotatable bonds is 5. The minimum absolute atomic E-state index is 0.0299. The molecule has 1 atom stereocenters. The molecule has 1 amide bonds. The van der Waals surface area contributed by atoms with Crippen LogP contribution in [-0.4, -0.2) is 48.1 Å². The highest BCUT2D eigenvalue weighted by molar-refractivity contribution is 7.88. The molecule has 8 nitrogen and oxygen atoms in total. The normalized spacial score (nSPS) is 17.6. The summed E-state index contributed by atoms with van der Waals surface area (Å²) in [6.07, 6.45) is 5.18. The first kappa shape index (κ1) is 17.7. The van der Waals surface area contributed by atoms with Gasteiger partial charge in [0, 0.05) is 19.3 Å². The van der Waals surface area contributed by atoms with Crippen LogP contribution in [0, 0.1) is 13.8 Å². The number of amides is 1. The minimum atomic E-state index is -3.23. The van der Waals surface area contributed by atoms with E-state index in [1.54, 1.807) is 30.4 Å². The number of fused-ring (bicyclic) bond motifs is 1. The topological polar surface area (TPSA) is 97.4 Å². The Balaban J connectivity index is 1.77. The Kier molecular flexibility index (Phi) is 4.70. The molecule has 1 aliphatic rings. The van der Waals surface area contributed by atoms with Crippen LogP contribution < -0.4 is 4.72 Å². The van der Waals surface area contributed by atoms with Gasteiger partial charge in [-0.05, 0) is 26.3 Å². The first-order valence-electron chi connectivity index (χ1n) is 8.06. The van der Waals surface area contributed by atoms with Gasteiger partial charge >= 0.3 is 0 Å². The number of sulfonamides is 1. The average Bonchev–Trinajstić information content (AvgIpc) is 3.11. The van der Waals surface area contributed by atoms with E-state index in [1.807, 2.05) is 11.5 Å². The third kappa shape index (κ3) is 3.93. The molecule has 1 N–H and O–H groups in total. The molecule has 3 heterocycles. The lowest BCUT2D eigenvalue weighted by Gasteiger charge is -2.34. The standard InChI is InChI=1S/C16H22N4O4S/c1-11-6-15(12(2)24-11)16(21)19-8-13(4-5-18-25(3,22)23)20-10-17-7-14(20)9-19/h6-7,10,13,18H,4-5,8-9H2,1-3H3/t13-/m1/s1. The van der Waals surface area contributed by atoms with E-state index in [4.69, 9.17) is 4.42 Å². The Morgan fingerprint density at radius 2 is 2.20 bits per heavy atom. The molecular weight excluding hydrogens is 344 g/mol. The van der Waals surface area contributed by atoms with E-state index in [9.17, 15) is 13.2 Å². The van der Waals surface area contributed by atoms with Gasteiger partial charge in [-0.1, -0.05) is 0 Å². The summed E-state index contributed by atoms with van der Waals surface area (Å²) in [5.74, 6) is 1.23. The monoisotopic (exact) mass is 366 g/mol. The van der Waals surface area contributed by atoms with E-state index in [-0.39, 0.29) is 11.9 Å². The highest BCUT2D eigenvalue weighted by Gasteiger charge is 2.30. The molecule has 2 aromatic heterocycles. The maximum atomic E-state index is 12.9. The molecule has 1 aliphatic heterocycles. The van der Waals surface area contributed by atoms with Crippen molar-refractivity contribution in [3.8, 4) is 0 Å². The van der Waals surface area contributed by atoms with Crippen molar-refractivity contribution in [2.75, 3.05) is 19.3 Å². The van der Waals surface area contributed by atoms with Crippen molar-refractivity contribution in [2.24, 2.45) is 0 Å². The lowest BCUT2D eigenvalue weighted by Crippen LogP contribution is -2.41. The second-order valence-corrected chi connectivity index (χ2v) is 8.25. The van der Waals surface area contributed by atoms with E-state index in [0.29, 0.717) is 43.1 Å². The van der Waals surface area contributed by atoms with Crippen molar-refractivity contribution in [1.82, 2.24) is 19.2 Å². The molecule has 0 unspecified atom stereocenters. The van der Waals surface area contributed by atoms with Gasteiger partial charge in [0.1, 0.15) is 11.5 Å². The van der Waals surface area contributed by atoms with Crippen molar-refractivity contribution in [1.29, 1.82) is 0 Å². The number of aryl methyl sites for hydroxylation is 2. The Bertz CT molecular complexity index is 884. The van der Waals surface area contributed by atoms with Crippen LogP contribution in [0.5, 0.6) is 0 Å². The minimum Gasteiger partial charge on any atom is -0.466 e. The Labute approximate surface area is 146 Å². The average molecular weight is 366 g/mol. The van der Waals surface area contributed by atoms with Gasteiger partial charge in [-0.15, -0.1) is 0 Å². The molecule has 0 fully saturated rings. The number of imidazole rings is 1. The highest BCUT2D eigenvalue weighted by atomic mass is 32.2. The molecule has 0 spiro atoms. The van der Waals surface area contributed by atoms with Crippen LogP contribution in [0.15, 0.2) is 23.0 Å². The summed E-state index contributed by atoms with van der Waals surface area (Å²) in [6.45, 7) is 4.87. The van der Waals surface area contributed by atoms with Gasteiger partial charge in [-0.3, -0.25) is 4.79 Å². The fourth-order valence-electron chi connectivity index (χ4n) is 3.20. The van der Waals surface area contributed by atoms with Crippen molar-refractivity contribution >= 4 is 15.9 Å². The fraction of sp³-hybridized carbons (Fsp3) is 0.500. The van der Waals surface area contributed by atoms with Crippen LogP contribution in [0.2, 0.25) is 0 Å². The van der Waals surface area contributed by atoms with Crippen LogP contribution in [0.3, 0.4) is 0 Å². The first-order valence-corrected chi connectivity index (χ1v) is 9.95. The molecule has 0 radical (unpaired) electrons. The predicted molar refractivity (Wildman–Crippen MR) is 91.7 cm³/mol. The van der Waals surface area contributed by atoms with Crippen LogP contribution in [0.25, 0.3) is 0 Å². The molecule has 3 rings (SSSR count). The predicted octanol–water partition coefficient (Wildman–Crippen LogP) is 1.23. The maximum Gasteiger partial charge on any atom is 0.257 e. The lowest BCUT2D eigenvalue weighted by molar-refractivity contribution is 0.0672. The maximum absolute atomic E-state index is 12.9. The zero-order chi connectivity index (χ0) is 18.2. The largest absolute Gasteiger partial charge is 0.466 e. The quantitative estimate of drug-likeness (QED) is 0.858. The summed E-state index contributed by atoms with van der Waals surface area (Å²) in [4.78, 5) is 18.8. The van der Waals surface area contributed by atoms with Gasteiger partial charge in [-0.2, -0.15) is 0 Å². The number of hydrogen-bond acceptors (Lipinski definition) is 5. The van der Waals surface area contributed by atoms with E-state index in [2.05, 4.69) is 9.71 Å². The van der Waals surface area contributed by atoms with Crippen molar-refractivity contribution in [3.63, 3.8) is 0 Å². The van der Waals surface area contributed by atoms with E-state index >= 15 is 0 Å². The van der Waals surface area contributed by atoms with Crippen molar-refractivity contribution in [2.45, 2.75) is 32.9 Å². The Hall–Kier alpha value is -2.13. The fourth-order valence-corrected chi connectivity index (χ4v) is 3.68. The van der Waals surface area contributed by atoms with Gasteiger partial charge in [0.25, 0.3) is 5.91 Å². The summed E-state index contributed by atoms with van der Waals surface area (Å²) in [7, 11) is -3.23. The van der Waals surface area contributed by atoms with Gasteiger partial charge in [0.2, 0.25) is 10.0 Å². The molecular formula is C16H22N4O4S. The lowest BCUT2D eigenvalue weighted by atomic mass is 10.1. The summed E-state index contributed by atoms with van der Waals surface area (Å²) in [5.41, 5.74) is 1.50. The van der Waals surface area contributed by atoms with Gasteiger partial charge in [0.05, 0.1) is 36.4 Å². The third-order valence-electron chi connectivity index (χ3n) is 4.32. The van der Waals surface area contributed by atoms with Gasteiger partial charge in [0.15, 0.2) is 0 Å². The summed E-state index contributed by atoms with van der Waals surface area (Å²) >= 11 is 0. The third-order valence-corrected chi connectivity index (χ3v) is 5.05. The zero-order valence-electron chi connectivity index (χ0n) is 14.5. The SMILES string of the molecule is Cc1cc(C(=O)N2Cc3cncn3[C@H](CCNS(C)(=O)=O)C2)c(C)o1. The molecule has 25 heavy (non-hydrogen) atoms. The van der Waals surface area contributed by atoms with E-state index in [0.717, 1.165) is 11.9 Å². The summed E-state index contributed by atoms with van der Waals surface area (Å²) in [6, 6.07) is 1.72. The molecule has 2 aromatic rings. The van der Waals surface area contributed by atoms with Crippen LogP contribution >= 0.6 is 0 Å². The molecule has 0 aliphatic carbocycles. The Morgan fingerprint density at radius 1 is 1.44 bits per heavy atom. The molecule has 9 heteroatoms. The molecule has 136 valence electrons. The molecule has 0 aromatic carbocycles. The van der Waals surface area contributed by atoms with Gasteiger partial charge < -0.3 is 13.9 Å². The van der Waals surface area contributed by atoms with Crippen molar-refractivity contribution < 1.29 is 17.6 Å². The highest BCUT2D eigenvalue weighted by Crippen LogP contribution is 2.26. The second kappa shape index (κ2) is 6.64. The van der Waals surface area contributed by atoms with Crippen LogP contribution in [0.4, 0.5) is 0 Å². The number of aromatic nitrogens is 2.